The third-order valence-corrected chi connectivity index (χ3v) is 2.01. The predicted octanol–water partition coefficient (Wildman–Crippen LogP) is 2.39. The summed E-state index contributed by atoms with van der Waals surface area (Å²) in [5, 5.41) is 0.115. The highest BCUT2D eigenvalue weighted by atomic mass is 35.5. The van der Waals surface area contributed by atoms with Crippen LogP contribution in [-0.4, -0.2) is 5.24 Å². The molecule has 2 rings (SSSR count). The molecule has 0 amide bonds. The third-order valence-electron chi connectivity index (χ3n) is 1.81. The fraction of sp³-hybridized carbons (Fsp3) is 0. The number of fused-ring (bicyclic) bond motifs is 1. The van der Waals surface area contributed by atoms with Gasteiger partial charge in [-0.1, -0.05) is 0 Å². The molecule has 0 aliphatic carbocycles. The van der Waals surface area contributed by atoms with Gasteiger partial charge in [-0.25, -0.2) is 0 Å². The number of furan rings is 1. The lowest BCUT2D eigenvalue weighted by Crippen LogP contribution is -1.87. The molecule has 4 heteroatoms. The molecule has 66 valence electrons. The minimum absolute atomic E-state index is 0.351. The van der Waals surface area contributed by atoms with Gasteiger partial charge in [-0.05, 0) is 29.8 Å². The minimum Gasteiger partial charge on any atom is -0.464 e. The Hall–Kier alpha value is -1.48. The van der Waals surface area contributed by atoms with Gasteiger partial charge < -0.3 is 10.2 Å². The third kappa shape index (κ3) is 1.27. The Labute approximate surface area is 79.1 Å². The van der Waals surface area contributed by atoms with Crippen molar-refractivity contribution in [1.82, 2.24) is 0 Å². The smallest absolute Gasteiger partial charge is 0.256 e. The molecule has 0 saturated carbocycles. The number of benzene rings is 1. The van der Waals surface area contributed by atoms with Crippen LogP contribution in [0.1, 0.15) is 10.4 Å². The van der Waals surface area contributed by atoms with Crippen LogP contribution in [-0.2, 0) is 0 Å². The fourth-order valence-electron chi connectivity index (χ4n) is 1.20. The predicted molar refractivity (Wildman–Crippen MR) is 50.8 cm³/mol. The summed E-state index contributed by atoms with van der Waals surface area (Å²) in [5.41, 5.74) is 7.09. The number of hydrogen-bond acceptors (Lipinski definition) is 3. The van der Waals surface area contributed by atoms with Gasteiger partial charge >= 0.3 is 0 Å². The van der Waals surface area contributed by atoms with Gasteiger partial charge in [-0.15, -0.1) is 0 Å². The second kappa shape index (κ2) is 2.78. The van der Waals surface area contributed by atoms with Crippen molar-refractivity contribution < 1.29 is 9.21 Å². The second-order valence-corrected chi connectivity index (χ2v) is 3.02. The normalized spacial score (nSPS) is 10.5. The van der Waals surface area contributed by atoms with Crippen LogP contribution in [0.15, 0.2) is 28.9 Å². The highest BCUT2D eigenvalue weighted by Gasteiger charge is 2.10. The number of halogens is 1. The first-order chi connectivity index (χ1) is 6.18. The number of hydrogen-bond donors (Lipinski definition) is 1. The number of carbonyl (C=O) groups excluding carboxylic acids is 1. The van der Waals surface area contributed by atoms with Gasteiger partial charge in [0.1, 0.15) is 11.8 Å². The van der Waals surface area contributed by atoms with Gasteiger partial charge in [0.2, 0.25) is 0 Å². The average molecular weight is 196 g/mol. The van der Waals surface area contributed by atoms with E-state index in [1.165, 1.54) is 6.26 Å². The van der Waals surface area contributed by atoms with Crippen LogP contribution in [0.2, 0.25) is 0 Å². The molecule has 1 aromatic heterocycles. The molecule has 0 aliphatic heterocycles. The monoisotopic (exact) mass is 195 g/mol. The fourth-order valence-corrected chi connectivity index (χ4v) is 1.35. The van der Waals surface area contributed by atoms with Crippen molar-refractivity contribution in [3.05, 3.63) is 30.0 Å². The molecule has 0 aliphatic rings. The maximum absolute atomic E-state index is 10.9. The molecule has 0 radical (unpaired) electrons. The summed E-state index contributed by atoms with van der Waals surface area (Å²) >= 11 is 5.34. The van der Waals surface area contributed by atoms with Gasteiger partial charge in [0, 0.05) is 11.1 Å². The number of rotatable bonds is 1. The molecule has 0 spiro atoms. The summed E-state index contributed by atoms with van der Waals surface area (Å²) in [5.74, 6) is 0. The lowest BCUT2D eigenvalue weighted by atomic mass is 10.2. The molecule has 0 saturated heterocycles. The molecule has 13 heavy (non-hydrogen) atoms. The van der Waals surface area contributed by atoms with Gasteiger partial charge in [-0.2, -0.15) is 0 Å². The Bertz CT molecular complexity index is 475. The van der Waals surface area contributed by atoms with Crippen molar-refractivity contribution in [3.63, 3.8) is 0 Å². The van der Waals surface area contributed by atoms with E-state index in [1.807, 2.05) is 0 Å². The average Bonchev–Trinajstić information content (AvgIpc) is 2.46. The Morgan fingerprint density at radius 1 is 1.46 bits per heavy atom. The standard InChI is InChI=1S/C9H6ClNO2/c10-9(12)7-4-13-8-2-1-5(11)3-6(7)8/h1-4H,11H2. The largest absolute Gasteiger partial charge is 0.464 e. The number of nitrogen functional groups attached to an aromatic ring is 1. The molecule has 1 heterocycles. The molecule has 1 aromatic carbocycles. The van der Waals surface area contributed by atoms with E-state index in [1.54, 1.807) is 18.2 Å². The van der Waals surface area contributed by atoms with E-state index >= 15 is 0 Å². The van der Waals surface area contributed by atoms with E-state index in [2.05, 4.69) is 0 Å². The Kier molecular flexibility index (Phi) is 1.74. The van der Waals surface area contributed by atoms with Crippen LogP contribution in [0.4, 0.5) is 5.69 Å². The topological polar surface area (TPSA) is 56.2 Å². The summed E-state index contributed by atoms with van der Waals surface area (Å²) < 4.78 is 5.10. The molecule has 0 unspecified atom stereocenters. The van der Waals surface area contributed by atoms with Crippen molar-refractivity contribution in [1.29, 1.82) is 0 Å². The quantitative estimate of drug-likeness (QED) is 0.562. The lowest BCUT2D eigenvalue weighted by molar-refractivity contribution is 0.108. The SMILES string of the molecule is Nc1ccc2occ(C(=O)Cl)c2c1. The Balaban J connectivity index is 2.79. The van der Waals surface area contributed by atoms with E-state index in [-0.39, 0.29) is 0 Å². The maximum atomic E-state index is 10.9. The lowest BCUT2D eigenvalue weighted by Gasteiger charge is -1.92. The Morgan fingerprint density at radius 3 is 2.92 bits per heavy atom. The van der Waals surface area contributed by atoms with Crippen LogP contribution in [0.5, 0.6) is 0 Å². The molecular formula is C9H6ClNO2. The summed E-state index contributed by atoms with van der Waals surface area (Å²) in [4.78, 5) is 10.9. The van der Waals surface area contributed by atoms with Crippen LogP contribution < -0.4 is 5.73 Å². The first kappa shape index (κ1) is 8.13. The van der Waals surface area contributed by atoms with Gasteiger partial charge in [0.15, 0.2) is 0 Å². The summed E-state index contributed by atoms with van der Waals surface area (Å²) in [6.45, 7) is 0. The molecule has 3 nitrogen and oxygen atoms in total. The zero-order valence-electron chi connectivity index (χ0n) is 6.58. The van der Waals surface area contributed by atoms with E-state index in [9.17, 15) is 4.79 Å². The van der Waals surface area contributed by atoms with E-state index in [4.69, 9.17) is 21.8 Å². The molecule has 0 fully saturated rings. The number of anilines is 1. The van der Waals surface area contributed by atoms with Crippen molar-refractivity contribution in [2.24, 2.45) is 0 Å². The minimum atomic E-state index is -0.538. The van der Waals surface area contributed by atoms with Gasteiger partial charge in [-0.3, -0.25) is 4.79 Å². The van der Waals surface area contributed by atoms with Crippen LogP contribution >= 0.6 is 11.6 Å². The summed E-state index contributed by atoms with van der Waals surface area (Å²) in [7, 11) is 0. The van der Waals surface area contributed by atoms with Crippen molar-refractivity contribution in [3.8, 4) is 0 Å². The zero-order chi connectivity index (χ0) is 9.42. The van der Waals surface area contributed by atoms with Crippen LogP contribution in [0.25, 0.3) is 11.0 Å². The Morgan fingerprint density at radius 2 is 2.23 bits per heavy atom. The summed E-state index contributed by atoms with van der Waals surface area (Å²) in [6, 6.07) is 5.07. The molecule has 0 bridgehead atoms. The van der Waals surface area contributed by atoms with E-state index < -0.39 is 5.24 Å². The first-order valence-corrected chi connectivity index (χ1v) is 4.03. The highest BCUT2D eigenvalue weighted by molar-refractivity contribution is 6.68. The first-order valence-electron chi connectivity index (χ1n) is 3.65. The second-order valence-electron chi connectivity index (χ2n) is 2.68. The molecule has 2 aromatic rings. The van der Waals surface area contributed by atoms with Crippen LogP contribution in [0.3, 0.4) is 0 Å². The molecule has 2 N–H and O–H groups in total. The van der Waals surface area contributed by atoms with E-state index in [0.29, 0.717) is 22.2 Å². The van der Waals surface area contributed by atoms with Crippen LogP contribution in [0, 0.1) is 0 Å². The number of nitrogens with two attached hydrogens (primary N) is 1. The maximum Gasteiger partial charge on any atom is 0.256 e. The number of carbonyl (C=O) groups is 1. The molecular weight excluding hydrogens is 190 g/mol. The zero-order valence-corrected chi connectivity index (χ0v) is 7.34. The van der Waals surface area contributed by atoms with Gasteiger partial charge in [0.05, 0.1) is 5.56 Å². The highest BCUT2D eigenvalue weighted by Crippen LogP contribution is 2.24. The van der Waals surface area contributed by atoms with Crippen molar-refractivity contribution in [2.45, 2.75) is 0 Å². The van der Waals surface area contributed by atoms with Crippen molar-refractivity contribution in [2.75, 3.05) is 5.73 Å². The van der Waals surface area contributed by atoms with E-state index in [0.717, 1.165) is 0 Å². The summed E-state index contributed by atoms with van der Waals surface area (Å²) in [6.07, 6.45) is 1.33. The van der Waals surface area contributed by atoms with Gasteiger partial charge in [0.25, 0.3) is 5.24 Å². The van der Waals surface area contributed by atoms with Crippen molar-refractivity contribution >= 4 is 33.5 Å². The molecule has 0 atom stereocenters.